The fourth-order valence-electron chi connectivity index (χ4n) is 3.17. The monoisotopic (exact) mass is 228 g/mol. The fraction of sp³-hybridized carbons (Fsp3) is 1.00. The highest BCUT2D eigenvalue weighted by Gasteiger charge is 2.33. The van der Waals surface area contributed by atoms with Crippen LogP contribution in [-0.2, 0) is 0 Å². The third kappa shape index (κ3) is 3.72. The Kier molecular flexibility index (Phi) is 5.73. The molecule has 0 bridgehead atoms. The molecule has 0 aromatic heterocycles. The molecule has 1 aliphatic carbocycles. The van der Waals surface area contributed by atoms with E-state index in [-0.39, 0.29) is 6.61 Å². The number of hydrogen-bond donors (Lipinski definition) is 2. The van der Waals surface area contributed by atoms with Crippen LogP contribution in [0.25, 0.3) is 0 Å². The van der Waals surface area contributed by atoms with Gasteiger partial charge in [0.25, 0.3) is 0 Å². The smallest absolute Gasteiger partial charge is 0.0558 e. The van der Waals surface area contributed by atoms with Crippen molar-refractivity contribution in [3.8, 4) is 0 Å². The molecule has 3 nitrogen and oxygen atoms in total. The summed E-state index contributed by atoms with van der Waals surface area (Å²) in [5.74, 6) is 2.34. The lowest BCUT2D eigenvalue weighted by atomic mass is 9.72. The van der Waals surface area contributed by atoms with E-state index in [4.69, 9.17) is 5.11 Å². The van der Waals surface area contributed by atoms with E-state index in [0.717, 1.165) is 30.8 Å². The molecule has 0 amide bonds. The molecule has 16 heavy (non-hydrogen) atoms. The van der Waals surface area contributed by atoms with Crippen molar-refractivity contribution >= 4 is 0 Å². The first-order chi connectivity index (χ1) is 7.58. The second-order valence-electron chi connectivity index (χ2n) is 5.60. The molecule has 1 saturated carbocycles. The summed E-state index contributed by atoms with van der Waals surface area (Å²) in [4.78, 5) is 2.25. The number of rotatable bonds is 5. The van der Waals surface area contributed by atoms with Gasteiger partial charge in [-0.15, -0.1) is 0 Å². The summed E-state index contributed by atoms with van der Waals surface area (Å²) < 4.78 is 0. The van der Waals surface area contributed by atoms with Crippen molar-refractivity contribution in [3.05, 3.63) is 0 Å². The fourth-order valence-corrected chi connectivity index (χ4v) is 3.17. The lowest BCUT2D eigenvalue weighted by Crippen LogP contribution is -2.47. The molecule has 1 rings (SSSR count). The first-order valence-electron chi connectivity index (χ1n) is 6.55. The molecule has 4 unspecified atom stereocenters. The van der Waals surface area contributed by atoms with Gasteiger partial charge >= 0.3 is 0 Å². The van der Waals surface area contributed by atoms with Crippen molar-refractivity contribution in [3.63, 3.8) is 0 Å². The van der Waals surface area contributed by atoms with Gasteiger partial charge in [-0.2, -0.15) is 0 Å². The SMILES string of the molecule is CNC1CC(C)CC(C)C1CN(C)CCO. The number of likely N-dealkylation sites (N-methyl/N-ethyl adjacent to an activating group) is 1. The van der Waals surface area contributed by atoms with Crippen molar-refractivity contribution < 1.29 is 5.11 Å². The van der Waals surface area contributed by atoms with Crippen LogP contribution in [-0.4, -0.2) is 49.8 Å². The second kappa shape index (κ2) is 6.58. The molecule has 3 heteroatoms. The van der Waals surface area contributed by atoms with E-state index >= 15 is 0 Å². The minimum atomic E-state index is 0.262. The zero-order valence-corrected chi connectivity index (χ0v) is 11.2. The quantitative estimate of drug-likeness (QED) is 0.742. The summed E-state index contributed by atoms with van der Waals surface area (Å²) in [6, 6.07) is 0.639. The average molecular weight is 228 g/mol. The van der Waals surface area contributed by atoms with Crippen LogP contribution in [0.4, 0.5) is 0 Å². The Morgan fingerprint density at radius 1 is 1.31 bits per heavy atom. The van der Waals surface area contributed by atoms with Gasteiger partial charge < -0.3 is 15.3 Å². The van der Waals surface area contributed by atoms with Crippen molar-refractivity contribution in [2.24, 2.45) is 17.8 Å². The second-order valence-corrected chi connectivity index (χ2v) is 5.60. The Labute approximate surface area is 100 Å². The molecule has 0 saturated heterocycles. The maximum Gasteiger partial charge on any atom is 0.0558 e. The van der Waals surface area contributed by atoms with Crippen LogP contribution >= 0.6 is 0 Å². The summed E-state index contributed by atoms with van der Waals surface area (Å²) in [5, 5.41) is 12.4. The first kappa shape index (κ1) is 13.9. The minimum absolute atomic E-state index is 0.262. The van der Waals surface area contributed by atoms with Crippen molar-refractivity contribution in [1.29, 1.82) is 0 Å². The number of aliphatic hydroxyl groups is 1. The Balaban J connectivity index is 2.53. The molecular formula is C13H28N2O. The zero-order valence-electron chi connectivity index (χ0n) is 11.2. The van der Waals surface area contributed by atoms with Crippen LogP contribution in [0.5, 0.6) is 0 Å². The molecule has 2 N–H and O–H groups in total. The lowest BCUT2D eigenvalue weighted by Gasteiger charge is -2.41. The third-order valence-corrected chi connectivity index (χ3v) is 4.05. The Morgan fingerprint density at radius 2 is 2.00 bits per heavy atom. The summed E-state index contributed by atoms with van der Waals surface area (Å²) >= 11 is 0. The summed E-state index contributed by atoms with van der Waals surface area (Å²) in [6.45, 7) is 6.87. The maximum absolute atomic E-state index is 8.94. The van der Waals surface area contributed by atoms with Crippen LogP contribution < -0.4 is 5.32 Å². The van der Waals surface area contributed by atoms with Crippen LogP contribution in [0.2, 0.25) is 0 Å². The van der Waals surface area contributed by atoms with E-state index in [1.807, 2.05) is 0 Å². The molecule has 0 aromatic carbocycles. The van der Waals surface area contributed by atoms with Gasteiger partial charge in [0.15, 0.2) is 0 Å². The molecule has 1 aliphatic rings. The molecule has 0 spiro atoms. The third-order valence-electron chi connectivity index (χ3n) is 4.05. The molecule has 0 aliphatic heterocycles. The van der Waals surface area contributed by atoms with Gasteiger partial charge in [-0.25, -0.2) is 0 Å². The van der Waals surface area contributed by atoms with Crippen LogP contribution in [0.15, 0.2) is 0 Å². The lowest BCUT2D eigenvalue weighted by molar-refractivity contribution is 0.106. The maximum atomic E-state index is 8.94. The Hall–Kier alpha value is -0.120. The van der Waals surface area contributed by atoms with Crippen LogP contribution in [0.3, 0.4) is 0 Å². The molecule has 96 valence electrons. The summed E-state index contributed by atoms with van der Waals surface area (Å²) in [5.41, 5.74) is 0. The first-order valence-corrected chi connectivity index (χ1v) is 6.55. The van der Waals surface area contributed by atoms with Crippen molar-refractivity contribution in [1.82, 2.24) is 10.2 Å². The largest absolute Gasteiger partial charge is 0.395 e. The molecule has 0 radical (unpaired) electrons. The summed E-state index contributed by atoms with van der Waals surface area (Å²) in [6.07, 6.45) is 2.63. The van der Waals surface area contributed by atoms with Gasteiger partial charge in [-0.3, -0.25) is 0 Å². The molecular weight excluding hydrogens is 200 g/mol. The number of hydrogen-bond acceptors (Lipinski definition) is 3. The van der Waals surface area contributed by atoms with Gasteiger partial charge in [0, 0.05) is 19.1 Å². The van der Waals surface area contributed by atoms with Crippen molar-refractivity contribution in [2.45, 2.75) is 32.7 Å². The molecule has 4 atom stereocenters. The van der Waals surface area contributed by atoms with E-state index in [9.17, 15) is 0 Å². The standard InChI is InChI=1S/C13H28N2O/c1-10-7-11(2)12(13(8-10)14-3)9-15(4)5-6-16/h10-14,16H,5-9H2,1-4H3. The molecule has 0 aromatic rings. The van der Waals surface area contributed by atoms with Crippen molar-refractivity contribution in [2.75, 3.05) is 33.8 Å². The molecule has 1 fully saturated rings. The van der Waals surface area contributed by atoms with E-state index in [0.29, 0.717) is 6.04 Å². The Bertz CT molecular complexity index is 198. The van der Waals surface area contributed by atoms with Gasteiger partial charge in [0.05, 0.1) is 6.61 Å². The van der Waals surface area contributed by atoms with E-state index in [2.05, 4.69) is 38.2 Å². The van der Waals surface area contributed by atoms with E-state index in [1.54, 1.807) is 0 Å². The normalized spacial score (nSPS) is 35.6. The zero-order chi connectivity index (χ0) is 12.1. The van der Waals surface area contributed by atoms with E-state index < -0.39 is 0 Å². The van der Waals surface area contributed by atoms with Gasteiger partial charge in [-0.1, -0.05) is 13.8 Å². The highest BCUT2D eigenvalue weighted by Crippen LogP contribution is 2.33. The van der Waals surface area contributed by atoms with Gasteiger partial charge in [-0.05, 0) is 44.7 Å². The number of nitrogens with one attached hydrogen (secondary N) is 1. The van der Waals surface area contributed by atoms with Gasteiger partial charge in [0.1, 0.15) is 0 Å². The Morgan fingerprint density at radius 3 is 2.56 bits per heavy atom. The highest BCUT2D eigenvalue weighted by atomic mass is 16.3. The average Bonchev–Trinajstić information content (AvgIpc) is 2.22. The van der Waals surface area contributed by atoms with Gasteiger partial charge in [0.2, 0.25) is 0 Å². The predicted octanol–water partition coefficient (Wildman–Crippen LogP) is 1.18. The summed E-state index contributed by atoms with van der Waals surface area (Å²) in [7, 11) is 4.18. The number of aliphatic hydroxyl groups excluding tert-OH is 1. The minimum Gasteiger partial charge on any atom is -0.395 e. The number of nitrogens with zero attached hydrogens (tertiary/aromatic N) is 1. The van der Waals surface area contributed by atoms with Crippen LogP contribution in [0.1, 0.15) is 26.7 Å². The topological polar surface area (TPSA) is 35.5 Å². The van der Waals surface area contributed by atoms with E-state index in [1.165, 1.54) is 12.8 Å². The predicted molar refractivity (Wildman–Crippen MR) is 68.5 cm³/mol. The van der Waals surface area contributed by atoms with Crippen LogP contribution in [0, 0.1) is 17.8 Å². The highest BCUT2D eigenvalue weighted by molar-refractivity contribution is 4.88. The molecule has 0 heterocycles.